The van der Waals surface area contributed by atoms with Crippen LogP contribution >= 0.6 is 0 Å². The summed E-state index contributed by atoms with van der Waals surface area (Å²) >= 11 is 0. The van der Waals surface area contributed by atoms with Crippen molar-refractivity contribution >= 4 is 23.5 Å². The maximum absolute atomic E-state index is 14.3. The number of likely N-dealkylation sites (tertiary alicyclic amines) is 1. The minimum atomic E-state index is -4.56. The molecule has 3 aromatic carbocycles. The molecule has 208 valence electrons. The Morgan fingerprint density at radius 2 is 1.65 bits per heavy atom. The Hall–Kier alpha value is -3.71. The molecule has 1 heterocycles. The van der Waals surface area contributed by atoms with Crippen molar-refractivity contribution in [1.29, 1.82) is 0 Å². The standard InChI is InChI=1S/C33H31F4NO2/c1-40-27-11-13-29(31(18-27)33(35,36)37)30-5-2-4-26-17-23(21-39)8-12-28(26)32(30)25-9-6-22(7-10-25)16-24-19-38(20-24)15-3-14-34/h6-13,16-18,21H,2-5,14-15,19-20H2,1H3. The van der Waals surface area contributed by atoms with Crippen LogP contribution in [0.25, 0.3) is 17.2 Å². The van der Waals surface area contributed by atoms with E-state index < -0.39 is 11.7 Å². The summed E-state index contributed by atoms with van der Waals surface area (Å²) in [7, 11) is 1.36. The second kappa shape index (κ2) is 11.8. The number of aryl methyl sites for hydroxylation is 1. The molecule has 0 atom stereocenters. The van der Waals surface area contributed by atoms with Gasteiger partial charge < -0.3 is 4.74 Å². The van der Waals surface area contributed by atoms with Crippen LogP contribution in [0, 0.1) is 0 Å². The van der Waals surface area contributed by atoms with Gasteiger partial charge in [0, 0.05) is 25.2 Å². The van der Waals surface area contributed by atoms with E-state index >= 15 is 0 Å². The fraction of sp³-hybridized carbons (Fsp3) is 0.303. The summed E-state index contributed by atoms with van der Waals surface area (Å²) in [5.41, 5.74) is 6.23. The third-order valence-electron chi connectivity index (χ3n) is 7.60. The molecule has 0 N–H and O–H groups in total. The van der Waals surface area contributed by atoms with Crippen LogP contribution < -0.4 is 4.74 Å². The van der Waals surface area contributed by atoms with Crippen LogP contribution in [0.4, 0.5) is 17.6 Å². The van der Waals surface area contributed by atoms with Crippen LogP contribution in [-0.2, 0) is 12.6 Å². The Morgan fingerprint density at radius 3 is 2.33 bits per heavy atom. The first kappa shape index (κ1) is 27.8. The predicted molar refractivity (Wildman–Crippen MR) is 150 cm³/mol. The molecule has 5 rings (SSSR count). The number of allylic oxidation sites excluding steroid dienone is 1. The number of hydrogen-bond acceptors (Lipinski definition) is 3. The van der Waals surface area contributed by atoms with Gasteiger partial charge in [0.05, 0.1) is 19.3 Å². The fourth-order valence-corrected chi connectivity index (χ4v) is 5.67. The molecule has 0 aromatic heterocycles. The van der Waals surface area contributed by atoms with Gasteiger partial charge in [-0.3, -0.25) is 14.1 Å². The SMILES string of the molecule is COc1ccc(C2=C(c3ccc(C=C4CN(CCCF)C4)cc3)c3ccc(C=O)cc3CCC2)c(C(F)(F)F)c1. The van der Waals surface area contributed by atoms with Gasteiger partial charge in [0.2, 0.25) is 0 Å². The normalized spacial score (nSPS) is 15.8. The highest BCUT2D eigenvalue weighted by Gasteiger charge is 2.36. The van der Waals surface area contributed by atoms with Gasteiger partial charge in [0.1, 0.15) is 12.0 Å². The number of nitrogens with zero attached hydrogens (tertiary/aromatic N) is 1. The zero-order valence-electron chi connectivity index (χ0n) is 22.4. The van der Waals surface area contributed by atoms with E-state index in [1.807, 2.05) is 36.4 Å². The number of carbonyl (C=O) groups excluding carboxylic acids is 1. The van der Waals surface area contributed by atoms with Gasteiger partial charge in [-0.05, 0) is 88.4 Å². The van der Waals surface area contributed by atoms with Gasteiger partial charge in [-0.2, -0.15) is 13.2 Å². The highest BCUT2D eigenvalue weighted by Crippen LogP contribution is 2.45. The zero-order chi connectivity index (χ0) is 28.3. The molecular weight excluding hydrogens is 518 g/mol. The van der Waals surface area contributed by atoms with E-state index in [9.17, 15) is 22.4 Å². The lowest BCUT2D eigenvalue weighted by Crippen LogP contribution is -2.40. The lowest BCUT2D eigenvalue weighted by molar-refractivity contribution is -0.137. The molecule has 0 radical (unpaired) electrons. The summed E-state index contributed by atoms with van der Waals surface area (Å²) in [6, 6.07) is 17.4. The molecule has 1 saturated heterocycles. The number of ether oxygens (including phenoxy) is 1. The van der Waals surface area contributed by atoms with E-state index in [1.54, 1.807) is 12.1 Å². The number of carbonyl (C=O) groups is 1. The maximum atomic E-state index is 14.3. The van der Waals surface area contributed by atoms with Crippen LogP contribution in [0.2, 0.25) is 0 Å². The number of methoxy groups -OCH3 is 1. The van der Waals surface area contributed by atoms with Crippen molar-refractivity contribution < 1.29 is 27.1 Å². The van der Waals surface area contributed by atoms with Crippen molar-refractivity contribution in [3.8, 4) is 5.75 Å². The highest BCUT2D eigenvalue weighted by atomic mass is 19.4. The number of halogens is 4. The van der Waals surface area contributed by atoms with Crippen molar-refractivity contribution in [2.45, 2.75) is 31.9 Å². The van der Waals surface area contributed by atoms with E-state index in [0.29, 0.717) is 36.8 Å². The van der Waals surface area contributed by atoms with E-state index in [0.717, 1.165) is 59.8 Å². The summed E-state index contributed by atoms with van der Waals surface area (Å²) in [4.78, 5) is 13.7. The third kappa shape index (κ3) is 5.89. The predicted octanol–water partition coefficient (Wildman–Crippen LogP) is 7.88. The molecule has 3 aromatic rings. The van der Waals surface area contributed by atoms with Gasteiger partial charge >= 0.3 is 6.18 Å². The number of alkyl halides is 4. The van der Waals surface area contributed by atoms with Gasteiger partial charge in [-0.1, -0.05) is 48.5 Å². The molecule has 0 unspecified atom stereocenters. The summed E-state index contributed by atoms with van der Waals surface area (Å²) in [6.07, 6.45) is 0.659. The van der Waals surface area contributed by atoms with Crippen LogP contribution in [0.5, 0.6) is 5.75 Å². The van der Waals surface area contributed by atoms with Crippen LogP contribution in [0.1, 0.15) is 63.0 Å². The molecule has 1 fully saturated rings. The molecule has 1 aliphatic heterocycles. The number of hydrogen-bond donors (Lipinski definition) is 0. The minimum absolute atomic E-state index is 0.143. The average Bonchev–Trinajstić information content (AvgIpc) is 3.12. The lowest BCUT2D eigenvalue weighted by atomic mass is 9.85. The molecule has 0 saturated carbocycles. The molecule has 7 heteroatoms. The topological polar surface area (TPSA) is 29.5 Å². The first-order valence-electron chi connectivity index (χ1n) is 13.5. The first-order chi connectivity index (χ1) is 19.3. The van der Waals surface area contributed by atoms with Crippen molar-refractivity contribution in [3.63, 3.8) is 0 Å². The quantitative estimate of drug-likeness (QED) is 0.211. The molecule has 40 heavy (non-hydrogen) atoms. The Labute approximate surface area is 231 Å². The van der Waals surface area contributed by atoms with E-state index in [4.69, 9.17) is 4.74 Å². The highest BCUT2D eigenvalue weighted by molar-refractivity contribution is 6.01. The van der Waals surface area contributed by atoms with Crippen molar-refractivity contribution in [1.82, 2.24) is 4.90 Å². The summed E-state index contributed by atoms with van der Waals surface area (Å²) in [6.45, 7) is 2.08. The largest absolute Gasteiger partial charge is 0.497 e. The average molecular weight is 550 g/mol. The summed E-state index contributed by atoms with van der Waals surface area (Å²) in [5, 5.41) is 0. The summed E-state index contributed by atoms with van der Waals surface area (Å²) in [5.74, 6) is 0.152. The van der Waals surface area contributed by atoms with E-state index in [1.165, 1.54) is 18.7 Å². The monoisotopic (exact) mass is 549 g/mol. The van der Waals surface area contributed by atoms with Gasteiger partial charge in [-0.15, -0.1) is 0 Å². The maximum Gasteiger partial charge on any atom is 0.417 e. The number of benzene rings is 3. The Kier molecular flexibility index (Phi) is 8.22. The molecular formula is C33H31F4NO2. The lowest BCUT2D eigenvalue weighted by Gasteiger charge is -2.33. The number of aldehydes is 1. The molecule has 1 aliphatic carbocycles. The van der Waals surface area contributed by atoms with E-state index in [-0.39, 0.29) is 18.0 Å². The smallest absolute Gasteiger partial charge is 0.417 e. The van der Waals surface area contributed by atoms with Crippen molar-refractivity contribution in [2.75, 3.05) is 33.4 Å². The Balaban J connectivity index is 1.61. The molecule has 0 amide bonds. The van der Waals surface area contributed by atoms with Crippen LogP contribution in [0.15, 0.2) is 66.2 Å². The molecule has 2 aliphatic rings. The third-order valence-corrected chi connectivity index (χ3v) is 7.60. The summed E-state index contributed by atoms with van der Waals surface area (Å²) < 4.78 is 60.5. The number of fused-ring (bicyclic) bond motifs is 1. The van der Waals surface area contributed by atoms with Gasteiger partial charge in [0.15, 0.2) is 0 Å². The van der Waals surface area contributed by atoms with Gasteiger partial charge in [-0.25, -0.2) is 0 Å². The Bertz CT molecular complexity index is 1450. The molecule has 0 spiro atoms. The molecule has 0 bridgehead atoms. The van der Waals surface area contributed by atoms with Crippen LogP contribution in [0.3, 0.4) is 0 Å². The fourth-order valence-electron chi connectivity index (χ4n) is 5.67. The molecule has 3 nitrogen and oxygen atoms in total. The second-order valence-electron chi connectivity index (χ2n) is 10.3. The first-order valence-corrected chi connectivity index (χ1v) is 13.5. The van der Waals surface area contributed by atoms with Crippen LogP contribution in [-0.4, -0.2) is 44.6 Å². The minimum Gasteiger partial charge on any atom is -0.497 e. The number of rotatable bonds is 8. The van der Waals surface area contributed by atoms with Crippen molar-refractivity contribution in [3.05, 3.63) is 105 Å². The van der Waals surface area contributed by atoms with Crippen molar-refractivity contribution in [2.24, 2.45) is 0 Å². The second-order valence-corrected chi connectivity index (χ2v) is 10.3. The zero-order valence-corrected chi connectivity index (χ0v) is 22.4. The van der Waals surface area contributed by atoms with Gasteiger partial charge in [0.25, 0.3) is 0 Å². The van der Waals surface area contributed by atoms with E-state index in [2.05, 4.69) is 11.0 Å². The Morgan fingerprint density at radius 1 is 0.925 bits per heavy atom.